The summed E-state index contributed by atoms with van der Waals surface area (Å²) in [5.41, 5.74) is 0. The molecular formula is C13H26N2. The highest BCUT2D eigenvalue weighted by molar-refractivity contribution is 4.79. The molecule has 2 nitrogen and oxygen atoms in total. The molecule has 1 N–H and O–H groups in total. The summed E-state index contributed by atoms with van der Waals surface area (Å²) in [7, 11) is 0. The molecule has 2 fully saturated rings. The zero-order chi connectivity index (χ0) is 10.5. The zero-order valence-electron chi connectivity index (χ0n) is 10.2. The summed E-state index contributed by atoms with van der Waals surface area (Å²) in [5.74, 6) is 1.01. The monoisotopic (exact) mass is 210 g/mol. The van der Waals surface area contributed by atoms with Gasteiger partial charge >= 0.3 is 0 Å². The van der Waals surface area contributed by atoms with Crippen molar-refractivity contribution < 1.29 is 0 Å². The SMILES string of the molecule is CCC1CCCN(C[C@@H]2CCCN2)CC1. The van der Waals surface area contributed by atoms with Gasteiger partial charge in [-0.25, -0.2) is 0 Å². The molecule has 0 aromatic carbocycles. The van der Waals surface area contributed by atoms with Crippen LogP contribution in [0.25, 0.3) is 0 Å². The smallest absolute Gasteiger partial charge is 0.0195 e. The van der Waals surface area contributed by atoms with Crippen LogP contribution in [0, 0.1) is 5.92 Å². The lowest BCUT2D eigenvalue weighted by atomic mass is 9.98. The van der Waals surface area contributed by atoms with Gasteiger partial charge in [-0.1, -0.05) is 13.3 Å². The van der Waals surface area contributed by atoms with E-state index in [1.54, 1.807) is 0 Å². The van der Waals surface area contributed by atoms with E-state index in [1.807, 2.05) is 0 Å². The van der Waals surface area contributed by atoms with Gasteiger partial charge in [0.05, 0.1) is 0 Å². The third-order valence-corrected chi connectivity index (χ3v) is 4.16. The van der Waals surface area contributed by atoms with Crippen LogP contribution in [0.4, 0.5) is 0 Å². The number of hydrogen-bond acceptors (Lipinski definition) is 2. The minimum atomic E-state index is 0.795. The van der Waals surface area contributed by atoms with E-state index in [1.165, 1.54) is 64.7 Å². The van der Waals surface area contributed by atoms with E-state index in [0.29, 0.717) is 0 Å². The van der Waals surface area contributed by atoms with Gasteiger partial charge in [-0.3, -0.25) is 0 Å². The van der Waals surface area contributed by atoms with Gasteiger partial charge in [0.15, 0.2) is 0 Å². The standard InChI is InChI=1S/C13H26N2/c1-2-12-5-4-9-15(10-7-12)11-13-6-3-8-14-13/h12-14H,2-11H2,1H3/t12?,13-/m0/s1. The molecule has 0 amide bonds. The zero-order valence-corrected chi connectivity index (χ0v) is 10.2. The molecule has 2 heterocycles. The van der Waals surface area contributed by atoms with Crippen LogP contribution in [0.3, 0.4) is 0 Å². The summed E-state index contributed by atoms with van der Waals surface area (Å²) in [5, 5.41) is 3.61. The van der Waals surface area contributed by atoms with Crippen molar-refractivity contribution in [3.8, 4) is 0 Å². The highest BCUT2D eigenvalue weighted by Gasteiger charge is 2.20. The topological polar surface area (TPSA) is 15.3 Å². The van der Waals surface area contributed by atoms with Crippen LogP contribution in [0.5, 0.6) is 0 Å². The Kier molecular flexibility index (Phi) is 4.45. The first kappa shape index (κ1) is 11.4. The molecule has 2 saturated heterocycles. The molecule has 2 rings (SSSR count). The predicted molar refractivity (Wildman–Crippen MR) is 65.1 cm³/mol. The van der Waals surface area contributed by atoms with Crippen molar-refractivity contribution in [2.45, 2.75) is 51.5 Å². The quantitative estimate of drug-likeness (QED) is 0.768. The number of rotatable bonds is 3. The molecule has 0 aromatic rings. The van der Waals surface area contributed by atoms with E-state index in [4.69, 9.17) is 0 Å². The van der Waals surface area contributed by atoms with Crippen molar-refractivity contribution in [1.82, 2.24) is 10.2 Å². The molecule has 2 aliphatic rings. The normalized spacial score (nSPS) is 34.2. The fourth-order valence-electron chi connectivity index (χ4n) is 3.04. The maximum atomic E-state index is 3.61. The van der Waals surface area contributed by atoms with E-state index < -0.39 is 0 Å². The van der Waals surface area contributed by atoms with Crippen molar-refractivity contribution in [2.24, 2.45) is 5.92 Å². The van der Waals surface area contributed by atoms with Crippen LogP contribution in [0.15, 0.2) is 0 Å². The summed E-state index contributed by atoms with van der Waals surface area (Å²) in [6.45, 7) is 7.58. The lowest BCUT2D eigenvalue weighted by molar-refractivity contribution is 0.255. The Morgan fingerprint density at radius 1 is 1.13 bits per heavy atom. The Labute approximate surface area is 94.4 Å². The molecule has 15 heavy (non-hydrogen) atoms. The van der Waals surface area contributed by atoms with Gasteiger partial charge < -0.3 is 10.2 Å². The summed E-state index contributed by atoms with van der Waals surface area (Å²) < 4.78 is 0. The average molecular weight is 210 g/mol. The van der Waals surface area contributed by atoms with Crippen molar-refractivity contribution in [3.05, 3.63) is 0 Å². The van der Waals surface area contributed by atoms with Crippen LogP contribution in [0.2, 0.25) is 0 Å². The Hall–Kier alpha value is -0.0800. The maximum Gasteiger partial charge on any atom is 0.0195 e. The number of nitrogens with one attached hydrogen (secondary N) is 1. The number of hydrogen-bond donors (Lipinski definition) is 1. The van der Waals surface area contributed by atoms with Crippen LogP contribution in [-0.2, 0) is 0 Å². The molecule has 2 atom stereocenters. The second-order valence-electron chi connectivity index (χ2n) is 5.30. The van der Waals surface area contributed by atoms with E-state index in [-0.39, 0.29) is 0 Å². The van der Waals surface area contributed by atoms with Crippen LogP contribution in [0.1, 0.15) is 45.4 Å². The lowest BCUT2D eigenvalue weighted by Gasteiger charge is -2.23. The maximum absolute atomic E-state index is 3.61. The molecule has 0 saturated carbocycles. The van der Waals surface area contributed by atoms with Gasteiger partial charge in [-0.2, -0.15) is 0 Å². The Bertz CT molecular complexity index is 175. The average Bonchev–Trinajstić information content (AvgIpc) is 2.64. The Morgan fingerprint density at radius 2 is 2.07 bits per heavy atom. The third-order valence-electron chi connectivity index (χ3n) is 4.16. The molecule has 0 radical (unpaired) electrons. The summed E-state index contributed by atoms with van der Waals surface area (Å²) >= 11 is 0. The molecular weight excluding hydrogens is 184 g/mol. The first-order valence-corrected chi connectivity index (χ1v) is 6.84. The molecule has 0 bridgehead atoms. The van der Waals surface area contributed by atoms with Gasteiger partial charge in [0.2, 0.25) is 0 Å². The van der Waals surface area contributed by atoms with Crippen molar-refractivity contribution in [1.29, 1.82) is 0 Å². The highest BCUT2D eigenvalue weighted by atomic mass is 15.2. The molecule has 88 valence electrons. The van der Waals surface area contributed by atoms with Crippen LogP contribution < -0.4 is 5.32 Å². The molecule has 0 aromatic heterocycles. The highest BCUT2D eigenvalue weighted by Crippen LogP contribution is 2.20. The third kappa shape index (κ3) is 3.46. The first-order chi connectivity index (χ1) is 7.38. The minimum absolute atomic E-state index is 0.795. The van der Waals surface area contributed by atoms with Gasteiger partial charge in [0.25, 0.3) is 0 Å². The van der Waals surface area contributed by atoms with Crippen molar-refractivity contribution >= 4 is 0 Å². The number of nitrogens with zero attached hydrogens (tertiary/aromatic N) is 1. The van der Waals surface area contributed by atoms with E-state index in [9.17, 15) is 0 Å². The first-order valence-electron chi connectivity index (χ1n) is 6.84. The van der Waals surface area contributed by atoms with Gasteiger partial charge in [-0.15, -0.1) is 0 Å². The minimum Gasteiger partial charge on any atom is -0.313 e. The second kappa shape index (κ2) is 5.86. The largest absolute Gasteiger partial charge is 0.313 e. The summed E-state index contributed by atoms with van der Waals surface area (Å²) in [6.07, 6.45) is 8.48. The lowest BCUT2D eigenvalue weighted by Crippen LogP contribution is -2.38. The molecule has 2 heteroatoms. The summed E-state index contributed by atoms with van der Waals surface area (Å²) in [6, 6.07) is 0.795. The van der Waals surface area contributed by atoms with Crippen LogP contribution >= 0.6 is 0 Å². The number of likely N-dealkylation sites (tertiary alicyclic amines) is 1. The molecule has 0 spiro atoms. The fraction of sp³-hybridized carbons (Fsp3) is 1.00. The van der Waals surface area contributed by atoms with E-state index in [0.717, 1.165) is 12.0 Å². The molecule has 2 aliphatic heterocycles. The Balaban J connectivity index is 1.72. The van der Waals surface area contributed by atoms with Crippen LogP contribution in [-0.4, -0.2) is 37.1 Å². The van der Waals surface area contributed by atoms with Crippen molar-refractivity contribution in [2.75, 3.05) is 26.2 Å². The van der Waals surface area contributed by atoms with Gasteiger partial charge in [0.1, 0.15) is 0 Å². The van der Waals surface area contributed by atoms with Gasteiger partial charge in [0, 0.05) is 12.6 Å². The van der Waals surface area contributed by atoms with E-state index in [2.05, 4.69) is 17.1 Å². The molecule has 1 unspecified atom stereocenters. The molecule has 0 aliphatic carbocycles. The second-order valence-corrected chi connectivity index (χ2v) is 5.30. The predicted octanol–water partition coefficient (Wildman–Crippen LogP) is 2.25. The van der Waals surface area contributed by atoms with E-state index >= 15 is 0 Å². The van der Waals surface area contributed by atoms with Crippen molar-refractivity contribution in [3.63, 3.8) is 0 Å². The van der Waals surface area contributed by atoms with Gasteiger partial charge in [-0.05, 0) is 57.7 Å². The Morgan fingerprint density at radius 3 is 2.80 bits per heavy atom. The summed E-state index contributed by atoms with van der Waals surface area (Å²) in [4.78, 5) is 2.69. The fourth-order valence-corrected chi connectivity index (χ4v) is 3.04.